The maximum absolute atomic E-state index is 2.52. The van der Waals surface area contributed by atoms with E-state index in [0.29, 0.717) is 0 Å². The Morgan fingerprint density at radius 2 is 1.04 bits per heavy atom. The summed E-state index contributed by atoms with van der Waals surface area (Å²) in [4.78, 5) is 2.52. The zero-order valence-electron chi connectivity index (χ0n) is 31.9. The van der Waals surface area contributed by atoms with Gasteiger partial charge in [-0.2, -0.15) is 0 Å². The second-order valence-corrected chi connectivity index (χ2v) is 16.8. The van der Waals surface area contributed by atoms with Crippen molar-refractivity contribution in [1.29, 1.82) is 0 Å². The minimum Gasteiger partial charge on any atom is -0.310 e. The standard InChI is InChI=1S/C55H39NS/c1-55(2)48-23-13-11-21-44(48)45-30-28-42(35-49(45)55)56(41-27-29-43(37-16-5-3-6-17-37)47(34-41)38-18-7-4-8-19-38)50-31-32-52-54(46-22-12-14-24-51(46)57-52)53(50)40-26-25-36-15-9-10-20-39(36)33-40/h3-35H,1-2H3. The van der Waals surface area contributed by atoms with Gasteiger partial charge in [-0.25, -0.2) is 0 Å². The molecular formula is C55H39NS. The van der Waals surface area contributed by atoms with E-state index in [2.05, 4.69) is 219 Å². The van der Waals surface area contributed by atoms with Crippen molar-refractivity contribution in [2.45, 2.75) is 19.3 Å². The summed E-state index contributed by atoms with van der Waals surface area (Å²) in [5, 5.41) is 5.06. The molecule has 0 fully saturated rings. The molecule has 270 valence electrons. The van der Waals surface area contributed by atoms with Gasteiger partial charge < -0.3 is 4.90 Å². The normalized spacial score (nSPS) is 12.9. The van der Waals surface area contributed by atoms with Crippen LogP contribution < -0.4 is 4.90 Å². The smallest absolute Gasteiger partial charge is 0.0547 e. The van der Waals surface area contributed by atoms with E-state index in [0.717, 1.165) is 17.1 Å². The lowest BCUT2D eigenvalue weighted by Crippen LogP contribution is -2.17. The van der Waals surface area contributed by atoms with Crippen molar-refractivity contribution in [3.63, 3.8) is 0 Å². The van der Waals surface area contributed by atoms with E-state index >= 15 is 0 Å². The molecule has 1 aromatic heterocycles. The fraction of sp³-hybridized carbons (Fsp3) is 0.0545. The van der Waals surface area contributed by atoms with Crippen LogP contribution in [0.1, 0.15) is 25.0 Å². The van der Waals surface area contributed by atoms with Crippen LogP contribution >= 0.6 is 11.3 Å². The fourth-order valence-corrected chi connectivity index (χ4v) is 10.4. The summed E-state index contributed by atoms with van der Waals surface area (Å²) in [5.74, 6) is 0. The highest BCUT2D eigenvalue weighted by Crippen LogP contribution is 2.53. The van der Waals surface area contributed by atoms with E-state index in [1.165, 1.54) is 86.6 Å². The molecule has 57 heavy (non-hydrogen) atoms. The zero-order valence-corrected chi connectivity index (χ0v) is 32.7. The van der Waals surface area contributed by atoms with Crippen LogP contribution in [0.2, 0.25) is 0 Å². The quantitative estimate of drug-likeness (QED) is 0.164. The van der Waals surface area contributed by atoms with Crippen LogP contribution in [-0.4, -0.2) is 0 Å². The summed E-state index contributed by atoms with van der Waals surface area (Å²) in [5.41, 5.74) is 15.9. The summed E-state index contributed by atoms with van der Waals surface area (Å²) >= 11 is 1.88. The Labute approximate surface area is 337 Å². The Balaban J connectivity index is 1.23. The molecule has 11 rings (SSSR count). The third-order valence-corrected chi connectivity index (χ3v) is 13.2. The molecule has 0 bridgehead atoms. The average molecular weight is 746 g/mol. The topological polar surface area (TPSA) is 3.24 Å². The van der Waals surface area contributed by atoms with Crippen LogP contribution in [0.4, 0.5) is 17.1 Å². The number of benzene rings is 9. The number of nitrogens with zero attached hydrogens (tertiary/aromatic N) is 1. The van der Waals surface area contributed by atoms with E-state index in [1.54, 1.807) is 0 Å². The summed E-state index contributed by atoms with van der Waals surface area (Å²) < 4.78 is 2.59. The van der Waals surface area contributed by atoms with Crippen molar-refractivity contribution < 1.29 is 0 Å². The van der Waals surface area contributed by atoms with Gasteiger partial charge in [0.25, 0.3) is 0 Å². The Morgan fingerprint density at radius 1 is 0.404 bits per heavy atom. The minimum absolute atomic E-state index is 0.144. The molecule has 0 amide bonds. The molecule has 0 N–H and O–H groups in total. The molecule has 0 atom stereocenters. The van der Waals surface area contributed by atoms with Gasteiger partial charge in [0.05, 0.1) is 5.69 Å². The van der Waals surface area contributed by atoms with Crippen LogP contribution in [0, 0.1) is 0 Å². The lowest BCUT2D eigenvalue weighted by Gasteiger charge is -2.31. The van der Waals surface area contributed by atoms with Crippen LogP contribution in [0.3, 0.4) is 0 Å². The molecule has 0 radical (unpaired) electrons. The second-order valence-electron chi connectivity index (χ2n) is 15.7. The van der Waals surface area contributed by atoms with E-state index in [4.69, 9.17) is 0 Å². The highest BCUT2D eigenvalue weighted by atomic mass is 32.1. The maximum atomic E-state index is 2.52. The third kappa shape index (κ3) is 5.44. The molecule has 0 saturated heterocycles. The number of fused-ring (bicyclic) bond motifs is 7. The lowest BCUT2D eigenvalue weighted by atomic mass is 9.82. The summed E-state index contributed by atoms with van der Waals surface area (Å²) in [6.45, 7) is 4.75. The first-order chi connectivity index (χ1) is 28.0. The molecule has 1 aliphatic carbocycles. The largest absolute Gasteiger partial charge is 0.310 e. The summed E-state index contributed by atoms with van der Waals surface area (Å²) in [7, 11) is 0. The number of hydrogen-bond donors (Lipinski definition) is 0. The van der Waals surface area contributed by atoms with E-state index < -0.39 is 0 Å². The van der Waals surface area contributed by atoms with Crippen molar-refractivity contribution in [2.24, 2.45) is 0 Å². The van der Waals surface area contributed by atoms with Gasteiger partial charge in [-0.3, -0.25) is 0 Å². The first-order valence-electron chi connectivity index (χ1n) is 19.8. The Bertz CT molecular complexity index is 3150. The SMILES string of the molecule is CC1(C)c2ccccc2-c2ccc(N(c3ccc(-c4ccccc4)c(-c4ccccc4)c3)c3ccc4sc5ccccc5c4c3-c3ccc4ccccc4c3)cc21. The average Bonchev–Trinajstić information content (AvgIpc) is 3.76. The van der Waals surface area contributed by atoms with Gasteiger partial charge in [-0.1, -0.05) is 166 Å². The molecule has 1 aliphatic rings. The van der Waals surface area contributed by atoms with E-state index in [9.17, 15) is 0 Å². The van der Waals surface area contributed by atoms with Gasteiger partial charge in [0, 0.05) is 42.5 Å². The number of anilines is 3. The molecule has 10 aromatic rings. The first kappa shape index (κ1) is 33.6. The highest BCUT2D eigenvalue weighted by Gasteiger charge is 2.36. The molecule has 0 unspecified atom stereocenters. The van der Waals surface area contributed by atoms with Crippen molar-refractivity contribution >= 4 is 59.3 Å². The Morgan fingerprint density at radius 3 is 1.84 bits per heavy atom. The van der Waals surface area contributed by atoms with Crippen molar-refractivity contribution in [1.82, 2.24) is 0 Å². The number of hydrogen-bond acceptors (Lipinski definition) is 2. The van der Waals surface area contributed by atoms with Crippen LogP contribution in [0.25, 0.3) is 75.5 Å². The fourth-order valence-electron chi connectivity index (χ4n) is 9.28. The van der Waals surface area contributed by atoms with Crippen LogP contribution in [0.5, 0.6) is 0 Å². The van der Waals surface area contributed by atoms with Gasteiger partial charge >= 0.3 is 0 Å². The van der Waals surface area contributed by atoms with Crippen molar-refractivity contribution in [3.8, 4) is 44.5 Å². The second kappa shape index (κ2) is 13.2. The van der Waals surface area contributed by atoms with Gasteiger partial charge in [0.15, 0.2) is 0 Å². The lowest BCUT2D eigenvalue weighted by molar-refractivity contribution is 0.660. The van der Waals surface area contributed by atoms with Crippen molar-refractivity contribution in [3.05, 3.63) is 211 Å². The molecule has 9 aromatic carbocycles. The first-order valence-corrected chi connectivity index (χ1v) is 20.6. The van der Waals surface area contributed by atoms with Gasteiger partial charge in [-0.15, -0.1) is 11.3 Å². The van der Waals surface area contributed by atoms with E-state index in [-0.39, 0.29) is 5.41 Å². The Hall–Kier alpha value is -6.74. The predicted octanol–water partition coefficient (Wildman–Crippen LogP) is 16.0. The monoisotopic (exact) mass is 745 g/mol. The molecule has 0 saturated carbocycles. The van der Waals surface area contributed by atoms with Crippen LogP contribution in [-0.2, 0) is 5.41 Å². The minimum atomic E-state index is -0.144. The maximum Gasteiger partial charge on any atom is 0.0547 e. The molecule has 1 heterocycles. The number of rotatable bonds is 6. The zero-order chi connectivity index (χ0) is 38.1. The third-order valence-electron chi connectivity index (χ3n) is 12.1. The van der Waals surface area contributed by atoms with E-state index in [1.807, 2.05) is 11.3 Å². The molecule has 0 aliphatic heterocycles. The predicted molar refractivity (Wildman–Crippen MR) is 245 cm³/mol. The molecule has 2 heteroatoms. The van der Waals surface area contributed by atoms with Crippen LogP contribution in [0.15, 0.2) is 200 Å². The molecule has 1 nitrogen and oxygen atoms in total. The van der Waals surface area contributed by atoms with Gasteiger partial charge in [-0.05, 0) is 109 Å². The van der Waals surface area contributed by atoms with Gasteiger partial charge in [0.1, 0.15) is 0 Å². The number of thiophene rings is 1. The van der Waals surface area contributed by atoms with Gasteiger partial charge in [0.2, 0.25) is 0 Å². The Kier molecular flexibility index (Phi) is 7.77. The van der Waals surface area contributed by atoms with Crippen molar-refractivity contribution in [2.75, 3.05) is 4.90 Å². The summed E-state index contributed by atoms with van der Waals surface area (Å²) in [6, 6.07) is 74.0. The summed E-state index contributed by atoms with van der Waals surface area (Å²) in [6.07, 6.45) is 0. The molecule has 0 spiro atoms. The molecular weight excluding hydrogens is 707 g/mol. The highest BCUT2D eigenvalue weighted by molar-refractivity contribution is 7.26.